The highest BCUT2D eigenvalue weighted by Gasteiger charge is 2.23. The maximum absolute atomic E-state index is 11.8. The molecule has 0 aromatic rings. The topological polar surface area (TPSA) is 79.3 Å². The Morgan fingerprint density at radius 2 is 2.50 bits per heavy atom. The van der Waals surface area contributed by atoms with Gasteiger partial charge in [0.2, 0.25) is 5.91 Å². The fraction of sp³-hybridized carbons (Fsp3) is 0.818. The van der Waals surface area contributed by atoms with Crippen molar-refractivity contribution >= 4 is 5.91 Å². The number of ether oxygens (including phenoxy) is 1. The summed E-state index contributed by atoms with van der Waals surface area (Å²) in [4.78, 5) is 13.5. The highest BCUT2D eigenvalue weighted by atomic mass is 16.5. The number of amides is 1. The predicted octanol–water partition coefficient (Wildman–Crippen LogP) is 0.255. The van der Waals surface area contributed by atoms with Crippen LogP contribution >= 0.6 is 0 Å². The van der Waals surface area contributed by atoms with Crippen LogP contribution in [-0.2, 0) is 9.53 Å². The lowest BCUT2D eigenvalue weighted by atomic mass is 10.1. The molecule has 1 fully saturated rings. The minimum Gasteiger partial charge on any atom is -0.360 e. The third kappa shape index (κ3) is 4.17. The Bertz CT molecular complexity index is 273. The number of hydrogen-bond acceptors (Lipinski definition) is 4. The molecule has 2 N–H and O–H groups in total. The molecule has 5 nitrogen and oxygen atoms in total. The van der Waals surface area contributed by atoms with E-state index < -0.39 is 6.10 Å². The standard InChI is InChI=1S/C11H19N3O2/c1-9(13)3-2-4-11(15)14-5-6-16-10(7-12)8-14/h9-10H,2-6,8,13H2,1H3. The monoisotopic (exact) mass is 225 g/mol. The number of rotatable bonds is 4. The summed E-state index contributed by atoms with van der Waals surface area (Å²) in [6, 6.07) is 2.17. The molecule has 2 atom stereocenters. The van der Waals surface area contributed by atoms with E-state index in [9.17, 15) is 4.79 Å². The number of carbonyl (C=O) groups is 1. The molecule has 0 spiro atoms. The van der Waals surface area contributed by atoms with Gasteiger partial charge in [0, 0.05) is 19.0 Å². The predicted molar refractivity (Wildman–Crippen MR) is 59.4 cm³/mol. The summed E-state index contributed by atoms with van der Waals surface area (Å²) >= 11 is 0. The molecule has 16 heavy (non-hydrogen) atoms. The molecule has 0 aromatic heterocycles. The summed E-state index contributed by atoms with van der Waals surface area (Å²) < 4.78 is 5.18. The van der Waals surface area contributed by atoms with Crippen LogP contribution in [0.15, 0.2) is 0 Å². The van der Waals surface area contributed by atoms with Gasteiger partial charge in [-0.05, 0) is 19.8 Å². The molecule has 0 aromatic carbocycles. The van der Waals surface area contributed by atoms with Crippen molar-refractivity contribution in [3.8, 4) is 6.07 Å². The summed E-state index contributed by atoms with van der Waals surface area (Å²) in [6.07, 6.45) is 1.72. The number of carbonyl (C=O) groups excluding carboxylic acids is 1. The van der Waals surface area contributed by atoms with Crippen LogP contribution in [0.4, 0.5) is 0 Å². The van der Waals surface area contributed by atoms with E-state index in [0.717, 1.165) is 12.8 Å². The van der Waals surface area contributed by atoms with E-state index in [1.54, 1.807) is 4.90 Å². The van der Waals surface area contributed by atoms with E-state index in [1.165, 1.54) is 0 Å². The minimum absolute atomic E-state index is 0.101. The van der Waals surface area contributed by atoms with E-state index in [1.807, 2.05) is 13.0 Å². The third-order valence-electron chi connectivity index (χ3n) is 2.61. The molecule has 1 amide bonds. The molecule has 1 saturated heterocycles. The number of nitriles is 1. The van der Waals surface area contributed by atoms with E-state index in [-0.39, 0.29) is 11.9 Å². The number of morpholine rings is 1. The number of nitrogens with two attached hydrogens (primary N) is 1. The van der Waals surface area contributed by atoms with Gasteiger partial charge in [-0.15, -0.1) is 0 Å². The van der Waals surface area contributed by atoms with Gasteiger partial charge in [-0.25, -0.2) is 0 Å². The van der Waals surface area contributed by atoms with Gasteiger partial charge in [0.1, 0.15) is 0 Å². The van der Waals surface area contributed by atoms with Gasteiger partial charge in [0.15, 0.2) is 6.10 Å². The second-order valence-electron chi connectivity index (χ2n) is 4.20. The molecule has 5 heteroatoms. The Kier molecular flexibility index (Phi) is 5.23. The van der Waals surface area contributed by atoms with E-state index >= 15 is 0 Å². The average Bonchev–Trinajstić information content (AvgIpc) is 2.28. The van der Waals surface area contributed by atoms with Crippen molar-refractivity contribution in [2.24, 2.45) is 5.73 Å². The molecule has 2 unspecified atom stereocenters. The fourth-order valence-electron chi connectivity index (χ4n) is 1.69. The molecular formula is C11H19N3O2. The van der Waals surface area contributed by atoms with Gasteiger partial charge in [-0.2, -0.15) is 5.26 Å². The van der Waals surface area contributed by atoms with E-state index in [4.69, 9.17) is 15.7 Å². The highest BCUT2D eigenvalue weighted by molar-refractivity contribution is 5.76. The van der Waals surface area contributed by atoms with Crippen molar-refractivity contribution in [2.45, 2.75) is 38.3 Å². The van der Waals surface area contributed by atoms with Crippen LogP contribution in [0.3, 0.4) is 0 Å². The highest BCUT2D eigenvalue weighted by Crippen LogP contribution is 2.08. The van der Waals surface area contributed by atoms with E-state index in [0.29, 0.717) is 26.1 Å². The first-order valence-corrected chi connectivity index (χ1v) is 5.68. The van der Waals surface area contributed by atoms with Gasteiger partial charge < -0.3 is 15.4 Å². The molecule has 0 bridgehead atoms. The van der Waals surface area contributed by atoms with Crippen LogP contribution in [0.2, 0.25) is 0 Å². The summed E-state index contributed by atoms with van der Waals surface area (Å²) in [6.45, 7) is 3.38. The lowest BCUT2D eigenvalue weighted by Gasteiger charge is -2.29. The lowest BCUT2D eigenvalue weighted by molar-refractivity contribution is -0.137. The molecule has 90 valence electrons. The van der Waals surface area contributed by atoms with E-state index in [2.05, 4.69) is 0 Å². The van der Waals surface area contributed by atoms with Gasteiger partial charge in [-0.1, -0.05) is 0 Å². The quantitative estimate of drug-likeness (QED) is 0.744. The fourth-order valence-corrected chi connectivity index (χ4v) is 1.69. The van der Waals surface area contributed by atoms with Gasteiger partial charge in [-0.3, -0.25) is 4.79 Å². The zero-order valence-corrected chi connectivity index (χ0v) is 9.69. The van der Waals surface area contributed by atoms with Gasteiger partial charge >= 0.3 is 0 Å². The summed E-state index contributed by atoms with van der Waals surface area (Å²) in [5.74, 6) is 0.101. The van der Waals surface area contributed by atoms with Gasteiger partial charge in [0.05, 0.1) is 19.2 Å². The second-order valence-corrected chi connectivity index (χ2v) is 4.20. The first kappa shape index (κ1) is 12.9. The molecule has 1 rings (SSSR count). The van der Waals surface area contributed by atoms with Crippen LogP contribution in [0.5, 0.6) is 0 Å². The van der Waals surface area contributed by atoms with Crippen molar-refractivity contribution in [1.29, 1.82) is 5.26 Å². The molecule has 1 heterocycles. The van der Waals surface area contributed by atoms with Crippen LogP contribution in [0.1, 0.15) is 26.2 Å². The third-order valence-corrected chi connectivity index (χ3v) is 2.61. The normalized spacial score (nSPS) is 22.6. The number of nitrogens with zero attached hydrogens (tertiary/aromatic N) is 2. The van der Waals surface area contributed by atoms with Crippen LogP contribution in [0, 0.1) is 11.3 Å². The first-order valence-electron chi connectivity index (χ1n) is 5.68. The Balaban J connectivity index is 2.28. The largest absolute Gasteiger partial charge is 0.360 e. The summed E-state index contributed by atoms with van der Waals surface area (Å²) in [7, 11) is 0. The van der Waals surface area contributed by atoms with Gasteiger partial charge in [0.25, 0.3) is 0 Å². The molecule has 1 aliphatic heterocycles. The van der Waals surface area contributed by atoms with Crippen molar-refractivity contribution in [2.75, 3.05) is 19.7 Å². The molecular weight excluding hydrogens is 206 g/mol. The van der Waals surface area contributed by atoms with Crippen molar-refractivity contribution in [1.82, 2.24) is 4.90 Å². The average molecular weight is 225 g/mol. The molecule has 0 saturated carbocycles. The summed E-state index contributed by atoms with van der Waals surface area (Å²) in [5, 5.41) is 8.71. The second kappa shape index (κ2) is 6.46. The number of hydrogen-bond donors (Lipinski definition) is 1. The zero-order chi connectivity index (χ0) is 12.0. The maximum Gasteiger partial charge on any atom is 0.222 e. The van der Waals surface area contributed by atoms with Crippen LogP contribution in [0.25, 0.3) is 0 Å². The molecule has 0 radical (unpaired) electrons. The zero-order valence-electron chi connectivity index (χ0n) is 9.69. The maximum atomic E-state index is 11.8. The lowest BCUT2D eigenvalue weighted by Crippen LogP contribution is -2.45. The van der Waals surface area contributed by atoms with Crippen LogP contribution in [-0.4, -0.2) is 42.6 Å². The SMILES string of the molecule is CC(N)CCCC(=O)N1CCOC(C#N)C1. The van der Waals surface area contributed by atoms with Crippen LogP contribution < -0.4 is 5.73 Å². The minimum atomic E-state index is -0.467. The summed E-state index contributed by atoms with van der Waals surface area (Å²) in [5.41, 5.74) is 5.61. The Hall–Kier alpha value is -1.12. The van der Waals surface area contributed by atoms with Crippen molar-refractivity contribution in [3.05, 3.63) is 0 Å². The van der Waals surface area contributed by atoms with Crippen molar-refractivity contribution < 1.29 is 9.53 Å². The Morgan fingerprint density at radius 1 is 1.75 bits per heavy atom. The first-order chi connectivity index (χ1) is 7.63. The Labute approximate surface area is 96.2 Å². The molecule has 1 aliphatic rings. The Morgan fingerprint density at radius 3 is 3.12 bits per heavy atom. The smallest absolute Gasteiger partial charge is 0.222 e. The van der Waals surface area contributed by atoms with Crippen molar-refractivity contribution in [3.63, 3.8) is 0 Å². The molecule has 0 aliphatic carbocycles.